The van der Waals surface area contributed by atoms with Crippen LogP contribution in [0.5, 0.6) is 0 Å². The Kier molecular flexibility index (Phi) is 6.46. The Hall–Kier alpha value is -6.01. The molecule has 4 nitrogen and oxygen atoms in total. The first-order valence-corrected chi connectivity index (χ1v) is 14.5. The first-order chi connectivity index (χ1) is 22.2. The van der Waals surface area contributed by atoms with E-state index in [9.17, 15) is 4.39 Å². The molecule has 0 N–H and O–H groups in total. The molecule has 0 atom stereocenters. The number of fused-ring (bicyclic) bond motifs is 3. The summed E-state index contributed by atoms with van der Waals surface area (Å²) in [4.78, 5) is 0. The second-order valence-electron chi connectivity index (χ2n) is 10.7. The van der Waals surface area contributed by atoms with Crippen LogP contribution in [0, 0.1) is 11.6 Å². The molecular formula is C39H23F2N3O. The summed E-state index contributed by atoms with van der Waals surface area (Å²) in [6.45, 7) is 0. The molecule has 0 unspecified atom stereocenters. The zero-order chi connectivity index (χ0) is 30.3. The number of nitrogens with zero attached hydrogens (tertiary/aromatic N) is 3. The Balaban J connectivity index is 1.48. The smallest absolute Gasteiger partial charge is 0.166 e. The van der Waals surface area contributed by atoms with Crippen LogP contribution in [-0.4, -0.2) is 15.4 Å². The van der Waals surface area contributed by atoms with Gasteiger partial charge in [-0.2, -0.15) is 0 Å². The van der Waals surface area contributed by atoms with Crippen LogP contribution in [-0.2, 0) is 0 Å². The van der Waals surface area contributed by atoms with Crippen molar-refractivity contribution in [2.24, 2.45) is 0 Å². The van der Waals surface area contributed by atoms with Crippen molar-refractivity contribution in [2.75, 3.05) is 0 Å². The maximum atomic E-state index is 15.2. The quantitative estimate of drug-likeness (QED) is 0.201. The Morgan fingerprint density at radius 2 is 1.18 bits per heavy atom. The van der Waals surface area contributed by atoms with E-state index in [4.69, 9.17) is 4.42 Å². The molecule has 0 spiro atoms. The first kappa shape index (κ1) is 26.6. The molecule has 0 aliphatic carbocycles. The third-order valence-electron chi connectivity index (χ3n) is 8.18. The van der Waals surface area contributed by atoms with Crippen LogP contribution in [0.25, 0.3) is 77.7 Å². The summed E-state index contributed by atoms with van der Waals surface area (Å²) >= 11 is 0. The number of hydrogen-bond donors (Lipinski definition) is 0. The summed E-state index contributed by atoms with van der Waals surface area (Å²) in [5.41, 5.74) is 8.95. The lowest BCUT2D eigenvalue weighted by Gasteiger charge is -2.19. The molecule has 6 aromatic carbocycles. The van der Waals surface area contributed by atoms with Gasteiger partial charge in [-0.05, 0) is 57.3 Å². The van der Waals surface area contributed by atoms with E-state index >= 15 is 4.39 Å². The number of hydrogen-bond acceptors (Lipinski definition) is 4. The highest BCUT2D eigenvalue weighted by Crippen LogP contribution is 2.48. The molecule has 8 rings (SSSR count). The van der Waals surface area contributed by atoms with Crippen LogP contribution in [0.2, 0.25) is 0 Å². The predicted octanol–water partition coefficient (Wildman–Crippen LogP) is 10.4. The van der Waals surface area contributed by atoms with Gasteiger partial charge in [0.05, 0.1) is 6.20 Å². The fourth-order valence-corrected chi connectivity index (χ4v) is 6.19. The molecule has 0 aliphatic heterocycles. The highest BCUT2D eigenvalue weighted by Gasteiger charge is 2.24. The van der Waals surface area contributed by atoms with Gasteiger partial charge in [0.25, 0.3) is 0 Å². The van der Waals surface area contributed by atoms with E-state index in [-0.39, 0.29) is 5.56 Å². The van der Waals surface area contributed by atoms with Crippen molar-refractivity contribution in [3.63, 3.8) is 0 Å². The van der Waals surface area contributed by atoms with Crippen LogP contribution in [0.15, 0.2) is 144 Å². The number of benzene rings is 6. The number of halogens is 2. The van der Waals surface area contributed by atoms with Crippen LogP contribution in [0.4, 0.5) is 8.78 Å². The number of rotatable bonds is 5. The van der Waals surface area contributed by atoms with E-state index in [0.717, 1.165) is 61.4 Å². The molecular weight excluding hydrogens is 564 g/mol. The molecule has 0 fully saturated rings. The third kappa shape index (κ3) is 4.46. The average molecular weight is 588 g/mol. The van der Waals surface area contributed by atoms with Crippen molar-refractivity contribution in [3.05, 3.63) is 151 Å². The van der Waals surface area contributed by atoms with Gasteiger partial charge in [-0.25, -0.2) is 8.78 Å². The molecule has 45 heavy (non-hydrogen) atoms. The zero-order valence-electron chi connectivity index (χ0n) is 23.8. The highest BCUT2D eigenvalue weighted by molar-refractivity contribution is 6.18. The number of para-hydroxylation sites is 1. The van der Waals surface area contributed by atoms with Gasteiger partial charge >= 0.3 is 0 Å². The van der Waals surface area contributed by atoms with E-state index in [2.05, 4.69) is 51.8 Å². The van der Waals surface area contributed by atoms with Crippen LogP contribution < -0.4 is 0 Å². The minimum Gasteiger partial charge on any atom is -0.456 e. The summed E-state index contributed by atoms with van der Waals surface area (Å²) in [5, 5.41) is 14.2. The molecule has 8 aromatic rings. The maximum Gasteiger partial charge on any atom is 0.166 e. The summed E-state index contributed by atoms with van der Waals surface area (Å²) in [6.07, 6.45) is 1.43. The minimum atomic E-state index is -0.966. The lowest BCUT2D eigenvalue weighted by molar-refractivity contribution is 0.511. The molecule has 2 aromatic heterocycles. The summed E-state index contributed by atoms with van der Waals surface area (Å²) in [5.74, 6) is -1.91. The molecule has 2 heterocycles. The van der Waals surface area contributed by atoms with E-state index in [1.54, 1.807) is 0 Å². The van der Waals surface area contributed by atoms with E-state index < -0.39 is 11.6 Å². The van der Waals surface area contributed by atoms with Gasteiger partial charge in [0.2, 0.25) is 0 Å². The Morgan fingerprint density at radius 1 is 0.489 bits per heavy atom. The minimum absolute atomic E-state index is 0.0591. The van der Waals surface area contributed by atoms with Crippen molar-refractivity contribution in [1.82, 2.24) is 15.4 Å². The first-order valence-electron chi connectivity index (χ1n) is 14.5. The Morgan fingerprint density at radius 3 is 2.02 bits per heavy atom. The largest absolute Gasteiger partial charge is 0.456 e. The van der Waals surface area contributed by atoms with Gasteiger partial charge in [0.1, 0.15) is 16.9 Å². The van der Waals surface area contributed by atoms with Crippen LogP contribution in [0.3, 0.4) is 0 Å². The maximum absolute atomic E-state index is 15.2. The monoisotopic (exact) mass is 587 g/mol. The van der Waals surface area contributed by atoms with Gasteiger partial charge in [-0.3, -0.25) is 0 Å². The second kappa shape index (κ2) is 10.9. The van der Waals surface area contributed by atoms with Gasteiger partial charge in [-0.1, -0.05) is 109 Å². The van der Waals surface area contributed by atoms with E-state index in [0.29, 0.717) is 16.8 Å². The van der Waals surface area contributed by atoms with Crippen molar-refractivity contribution in [3.8, 4) is 55.8 Å². The van der Waals surface area contributed by atoms with Gasteiger partial charge in [0, 0.05) is 33.0 Å². The molecule has 0 radical (unpaired) electrons. The topological polar surface area (TPSA) is 51.8 Å². The number of furan rings is 1. The fourth-order valence-electron chi connectivity index (χ4n) is 6.19. The van der Waals surface area contributed by atoms with Crippen molar-refractivity contribution in [2.45, 2.75) is 0 Å². The van der Waals surface area contributed by atoms with Crippen LogP contribution in [0.1, 0.15) is 0 Å². The predicted molar refractivity (Wildman–Crippen MR) is 174 cm³/mol. The molecule has 0 saturated heterocycles. The molecule has 214 valence electrons. The molecule has 0 saturated carbocycles. The SMILES string of the molecule is Fc1cccc(-c2cnnnc2-c2ccccc2-c2c(-c3ccccc3-c3ccccc3)ccc3oc4ccccc4c23)c1F. The third-order valence-corrected chi connectivity index (χ3v) is 8.18. The summed E-state index contributed by atoms with van der Waals surface area (Å²) in [7, 11) is 0. The summed E-state index contributed by atoms with van der Waals surface area (Å²) in [6, 6.07) is 42.6. The molecule has 0 aliphatic rings. The van der Waals surface area contributed by atoms with Crippen LogP contribution >= 0.6 is 0 Å². The normalized spacial score (nSPS) is 11.3. The Bertz CT molecular complexity index is 2370. The highest BCUT2D eigenvalue weighted by atomic mass is 19.2. The molecule has 0 bridgehead atoms. The average Bonchev–Trinajstić information content (AvgIpc) is 3.48. The van der Waals surface area contributed by atoms with Crippen molar-refractivity contribution < 1.29 is 13.2 Å². The van der Waals surface area contributed by atoms with E-state index in [1.807, 2.05) is 78.9 Å². The standard InChI is InChI=1S/C39H23F2N3O/c40-33-19-10-18-29(38(33)41)32-23-42-44-43-39(32)30-16-7-6-15-27(30)36-28(21-22-35-37(36)31-17-8-9-20-34(31)45-35)26-14-5-4-13-25(26)24-11-2-1-3-12-24/h1-23H. The van der Waals surface area contributed by atoms with Crippen molar-refractivity contribution in [1.29, 1.82) is 0 Å². The molecule has 6 heteroatoms. The fraction of sp³-hybridized carbons (Fsp3) is 0. The summed E-state index contributed by atoms with van der Waals surface area (Å²) < 4.78 is 35.9. The van der Waals surface area contributed by atoms with Gasteiger partial charge in [-0.15, -0.1) is 10.2 Å². The molecule has 0 amide bonds. The zero-order valence-corrected chi connectivity index (χ0v) is 23.8. The Labute approximate surface area is 257 Å². The lowest BCUT2D eigenvalue weighted by Crippen LogP contribution is -1.99. The second-order valence-corrected chi connectivity index (χ2v) is 10.7. The van der Waals surface area contributed by atoms with Gasteiger partial charge in [0.15, 0.2) is 11.6 Å². The lowest BCUT2D eigenvalue weighted by atomic mass is 9.84. The van der Waals surface area contributed by atoms with E-state index in [1.165, 1.54) is 18.3 Å². The van der Waals surface area contributed by atoms with Crippen molar-refractivity contribution >= 4 is 21.9 Å². The van der Waals surface area contributed by atoms with Gasteiger partial charge < -0.3 is 4.42 Å². The number of aromatic nitrogens is 3.